The Labute approximate surface area is 166 Å². The maximum absolute atomic E-state index is 13.9. The van der Waals surface area contributed by atoms with Crippen molar-refractivity contribution in [1.82, 2.24) is 9.97 Å². The molecule has 148 valence electrons. The minimum absolute atomic E-state index is 0.225. The molecule has 0 spiro atoms. The Bertz CT molecular complexity index is 792. The van der Waals surface area contributed by atoms with E-state index in [1.165, 1.54) is 37.0 Å². The molecule has 0 N–H and O–H groups in total. The van der Waals surface area contributed by atoms with Crippen molar-refractivity contribution in [3.05, 3.63) is 53.4 Å². The molecule has 1 aromatic heterocycles. The Morgan fingerprint density at radius 2 is 1.89 bits per heavy atom. The van der Waals surface area contributed by atoms with Gasteiger partial charge < -0.3 is 4.74 Å². The van der Waals surface area contributed by atoms with Crippen LogP contribution in [0.2, 0.25) is 0 Å². The fourth-order valence-electron chi connectivity index (χ4n) is 3.77. The van der Waals surface area contributed by atoms with Gasteiger partial charge >= 0.3 is 0 Å². The van der Waals surface area contributed by atoms with E-state index in [4.69, 9.17) is 10.00 Å². The number of halogens is 1. The molecule has 0 amide bonds. The molecule has 1 heterocycles. The van der Waals surface area contributed by atoms with Crippen molar-refractivity contribution in [2.24, 2.45) is 5.92 Å². The van der Waals surface area contributed by atoms with E-state index in [-0.39, 0.29) is 5.75 Å². The molecule has 0 aliphatic heterocycles. The maximum atomic E-state index is 13.9. The molecule has 1 aromatic carbocycles. The average molecular weight is 381 g/mol. The van der Waals surface area contributed by atoms with Crippen LogP contribution in [0.4, 0.5) is 4.39 Å². The van der Waals surface area contributed by atoms with E-state index >= 15 is 0 Å². The molecule has 1 aliphatic carbocycles. The summed E-state index contributed by atoms with van der Waals surface area (Å²) < 4.78 is 19.6. The van der Waals surface area contributed by atoms with E-state index in [0.717, 1.165) is 37.9 Å². The van der Waals surface area contributed by atoms with Crippen LogP contribution in [0.25, 0.3) is 0 Å². The molecule has 28 heavy (non-hydrogen) atoms. The van der Waals surface area contributed by atoms with E-state index in [2.05, 4.69) is 16.9 Å². The molecule has 5 heteroatoms. The van der Waals surface area contributed by atoms with E-state index < -0.39 is 5.82 Å². The third kappa shape index (κ3) is 5.51. The Balaban J connectivity index is 1.45. The van der Waals surface area contributed by atoms with Crippen LogP contribution in [-0.4, -0.2) is 16.6 Å². The smallest absolute Gasteiger partial charge is 0.166 e. The third-order valence-electron chi connectivity index (χ3n) is 5.54. The standard InChI is InChI=1S/C23H28FN3O/c1-2-3-4-5-19-14-26-23(27-15-19)20-9-6-17(7-10-20)16-28-22-11-8-18(13-25)12-21(22)24/h8,11-12,14-15,17,20H,2-7,9-10,16H2,1H3. The molecule has 1 saturated carbocycles. The van der Waals surface area contributed by atoms with Gasteiger partial charge in [0.1, 0.15) is 5.82 Å². The van der Waals surface area contributed by atoms with E-state index in [1.54, 1.807) is 6.07 Å². The Kier molecular flexibility index (Phi) is 7.36. The van der Waals surface area contributed by atoms with Crippen molar-refractivity contribution in [3.8, 4) is 11.8 Å². The number of nitriles is 1. The van der Waals surface area contributed by atoms with Crippen molar-refractivity contribution in [2.75, 3.05) is 6.61 Å². The quantitative estimate of drug-likeness (QED) is 0.561. The molecule has 0 saturated heterocycles. The van der Waals surface area contributed by atoms with Crippen molar-refractivity contribution in [2.45, 2.75) is 64.2 Å². The monoisotopic (exact) mass is 381 g/mol. The molecular formula is C23H28FN3O. The number of aryl methyl sites for hydroxylation is 1. The molecule has 3 rings (SSSR count). The third-order valence-corrected chi connectivity index (χ3v) is 5.54. The minimum Gasteiger partial charge on any atom is -0.490 e. The van der Waals surface area contributed by atoms with Gasteiger partial charge in [0.15, 0.2) is 11.6 Å². The Morgan fingerprint density at radius 3 is 2.54 bits per heavy atom. The van der Waals surface area contributed by atoms with E-state index in [9.17, 15) is 4.39 Å². The van der Waals surface area contributed by atoms with Crippen LogP contribution >= 0.6 is 0 Å². The summed E-state index contributed by atoms with van der Waals surface area (Å²) in [4.78, 5) is 9.22. The van der Waals surface area contributed by atoms with Gasteiger partial charge in [-0.2, -0.15) is 5.26 Å². The molecular weight excluding hydrogens is 353 g/mol. The number of hydrogen-bond acceptors (Lipinski definition) is 4. The molecule has 4 nitrogen and oxygen atoms in total. The first-order valence-corrected chi connectivity index (χ1v) is 10.3. The summed E-state index contributed by atoms with van der Waals surface area (Å²) in [6.07, 6.45) is 12.9. The number of nitrogens with zero attached hydrogens (tertiary/aromatic N) is 3. The maximum Gasteiger partial charge on any atom is 0.166 e. The Morgan fingerprint density at radius 1 is 1.14 bits per heavy atom. The molecule has 0 bridgehead atoms. The summed E-state index contributed by atoms with van der Waals surface area (Å²) >= 11 is 0. The van der Waals surface area contributed by atoms with Crippen LogP contribution in [0, 0.1) is 23.1 Å². The van der Waals surface area contributed by atoms with Crippen LogP contribution in [0.1, 0.15) is 74.7 Å². The van der Waals surface area contributed by atoms with Gasteiger partial charge in [0.25, 0.3) is 0 Å². The van der Waals surface area contributed by atoms with Gasteiger partial charge in [-0.15, -0.1) is 0 Å². The van der Waals surface area contributed by atoms with E-state index in [0.29, 0.717) is 24.0 Å². The number of unbranched alkanes of at least 4 members (excludes halogenated alkanes) is 2. The number of hydrogen-bond donors (Lipinski definition) is 0. The second-order valence-electron chi connectivity index (χ2n) is 7.69. The lowest BCUT2D eigenvalue weighted by molar-refractivity contribution is 0.192. The van der Waals surface area contributed by atoms with Crippen molar-refractivity contribution < 1.29 is 9.13 Å². The zero-order chi connectivity index (χ0) is 19.8. The van der Waals surface area contributed by atoms with Crippen LogP contribution in [0.15, 0.2) is 30.6 Å². The van der Waals surface area contributed by atoms with Gasteiger partial charge in [0.2, 0.25) is 0 Å². The average Bonchev–Trinajstić information content (AvgIpc) is 2.74. The first-order chi connectivity index (χ1) is 13.7. The molecule has 1 fully saturated rings. The molecule has 0 unspecified atom stereocenters. The van der Waals surface area contributed by atoms with Crippen LogP contribution in [0.5, 0.6) is 5.75 Å². The predicted octanol–water partition coefficient (Wildman–Crippen LogP) is 5.57. The Hall–Kier alpha value is -2.48. The van der Waals surface area contributed by atoms with Crippen LogP contribution in [-0.2, 0) is 6.42 Å². The second kappa shape index (κ2) is 10.2. The lowest BCUT2D eigenvalue weighted by Crippen LogP contribution is -2.20. The summed E-state index contributed by atoms with van der Waals surface area (Å²) in [7, 11) is 0. The van der Waals surface area contributed by atoms with Crippen LogP contribution in [0.3, 0.4) is 0 Å². The van der Waals surface area contributed by atoms with Crippen molar-refractivity contribution in [3.63, 3.8) is 0 Å². The zero-order valence-corrected chi connectivity index (χ0v) is 16.5. The molecule has 1 aliphatic rings. The largest absolute Gasteiger partial charge is 0.490 e. The molecule has 0 atom stereocenters. The highest BCUT2D eigenvalue weighted by atomic mass is 19.1. The van der Waals surface area contributed by atoms with Crippen LogP contribution < -0.4 is 4.74 Å². The molecule has 2 aromatic rings. The van der Waals surface area contributed by atoms with E-state index in [1.807, 2.05) is 18.5 Å². The second-order valence-corrected chi connectivity index (χ2v) is 7.69. The normalized spacial score (nSPS) is 19.2. The summed E-state index contributed by atoms with van der Waals surface area (Å²) in [5, 5.41) is 8.80. The topological polar surface area (TPSA) is 58.8 Å². The minimum atomic E-state index is -0.472. The first kappa shape index (κ1) is 20.3. The number of rotatable bonds is 8. The lowest BCUT2D eigenvalue weighted by atomic mass is 9.82. The SMILES string of the molecule is CCCCCc1cnc(C2CCC(COc3ccc(C#N)cc3F)CC2)nc1. The number of ether oxygens (including phenoxy) is 1. The fraction of sp³-hybridized carbons (Fsp3) is 0.522. The summed E-state index contributed by atoms with van der Waals surface area (Å²) in [6.45, 7) is 2.72. The zero-order valence-electron chi connectivity index (χ0n) is 16.5. The van der Waals surface area contributed by atoms with Gasteiger partial charge in [0.05, 0.1) is 18.2 Å². The first-order valence-electron chi connectivity index (χ1n) is 10.3. The van der Waals surface area contributed by atoms with Crippen molar-refractivity contribution >= 4 is 0 Å². The highest BCUT2D eigenvalue weighted by Gasteiger charge is 2.24. The van der Waals surface area contributed by atoms with Gasteiger partial charge in [-0.25, -0.2) is 14.4 Å². The highest BCUT2D eigenvalue weighted by Crippen LogP contribution is 2.34. The van der Waals surface area contributed by atoms with Gasteiger partial charge in [-0.1, -0.05) is 19.8 Å². The summed E-state index contributed by atoms with van der Waals surface area (Å²) in [5.74, 6) is 1.53. The predicted molar refractivity (Wildman–Crippen MR) is 107 cm³/mol. The number of aromatic nitrogens is 2. The molecule has 0 radical (unpaired) electrons. The van der Waals surface area contributed by atoms with Gasteiger partial charge in [-0.3, -0.25) is 0 Å². The van der Waals surface area contributed by atoms with Crippen molar-refractivity contribution in [1.29, 1.82) is 5.26 Å². The summed E-state index contributed by atoms with van der Waals surface area (Å²) in [5.41, 5.74) is 1.53. The number of benzene rings is 1. The lowest BCUT2D eigenvalue weighted by Gasteiger charge is -2.27. The van der Waals surface area contributed by atoms with Gasteiger partial charge in [-0.05, 0) is 68.2 Å². The van der Waals surface area contributed by atoms with Gasteiger partial charge in [0, 0.05) is 18.3 Å². The fourth-order valence-corrected chi connectivity index (χ4v) is 3.77. The summed E-state index contributed by atoms with van der Waals surface area (Å²) in [6, 6.07) is 6.27. The highest BCUT2D eigenvalue weighted by molar-refractivity contribution is 5.36.